The Balaban J connectivity index is 2.01. The zero-order valence-corrected chi connectivity index (χ0v) is 14.2. The molecule has 0 bridgehead atoms. The van der Waals surface area contributed by atoms with E-state index in [4.69, 9.17) is 4.42 Å². The van der Waals surface area contributed by atoms with Crippen molar-refractivity contribution in [3.8, 4) is 5.75 Å². The minimum absolute atomic E-state index is 0.0358. The van der Waals surface area contributed by atoms with Crippen LogP contribution in [-0.4, -0.2) is 11.1 Å². The zero-order chi connectivity index (χ0) is 17.3. The summed E-state index contributed by atoms with van der Waals surface area (Å²) in [6.45, 7) is 1.74. The molecule has 0 fully saturated rings. The van der Waals surface area contributed by atoms with E-state index >= 15 is 0 Å². The zero-order valence-electron chi connectivity index (χ0n) is 12.6. The van der Waals surface area contributed by atoms with Crippen LogP contribution >= 0.6 is 15.9 Å². The summed E-state index contributed by atoms with van der Waals surface area (Å²) in [5, 5.41) is 15.8. The van der Waals surface area contributed by atoms with Gasteiger partial charge in [0.1, 0.15) is 15.9 Å². The highest BCUT2D eigenvalue weighted by Crippen LogP contribution is 2.34. The topological polar surface area (TPSA) is 91.6 Å². The molecule has 2 amide bonds. The number of fused-ring (bicyclic) bond motifs is 1. The highest BCUT2D eigenvalue weighted by Gasteiger charge is 2.17. The number of rotatable bonds is 2. The third-order valence-corrected chi connectivity index (χ3v) is 4.43. The smallest absolute Gasteiger partial charge is 0.351 e. The minimum atomic E-state index is -0.586. The molecule has 3 rings (SSSR count). The van der Waals surface area contributed by atoms with E-state index in [0.29, 0.717) is 21.1 Å². The normalized spacial score (nSPS) is 10.6. The Bertz CT molecular complexity index is 983. The van der Waals surface area contributed by atoms with E-state index in [9.17, 15) is 14.7 Å². The molecule has 1 heterocycles. The van der Waals surface area contributed by atoms with Gasteiger partial charge in [-0.15, -0.1) is 0 Å². The average Bonchev–Trinajstić information content (AvgIpc) is 2.56. The average molecular weight is 389 g/mol. The lowest BCUT2D eigenvalue weighted by molar-refractivity contribution is 0.262. The van der Waals surface area contributed by atoms with E-state index in [1.165, 1.54) is 6.07 Å². The number of aryl methyl sites for hydroxylation is 1. The fourth-order valence-corrected chi connectivity index (χ4v) is 2.60. The summed E-state index contributed by atoms with van der Waals surface area (Å²) in [5.74, 6) is -0.199. The number of carbonyl (C=O) groups is 1. The van der Waals surface area contributed by atoms with Crippen LogP contribution in [0.3, 0.4) is 0 Å². The van der Waals surface area contributed by atoms with Gasteiger partial charge in [-0.25, -0.2) is 9.59 Å². The maximum Gasteiger partial charge on any atom is 0.351 e. The Labute approximate surface area is 145 Å². The number of benzene rings is 2. The molecule has 122 valence electrons. The van der Waals surface area contributed by atoms with Crippen molar-refractivity contribution in [3.05, 3.63) is 62.9 Å². The number of halogens is 1. The minimum Gasteiger partial charge on any atom is -0.506 e. The lowest BCUT2D eigenvalue weighted by Gasteiger charge is -2.12. The number of aromatic hydroxyl groups is 1. The lowest BCUT2D eigenvalue weighted by Crippen LogP contribution is -2.20. The Morgan fingerprint density at radius 3 is 2.54 bits per heavy atom. The number of para-hydroxylation sites is 1. The number of urea groups is 1. The van der Waals surface area contributed by atoms with E-state index < -0.39 is 11.7 Å². The molecular weight excluding hydrogens is 376 g/mol. The molecule has 0 aliphatic rings. The number of anilines is 2. The summed E-state index contributed by atoms with van der Waals surface area (Å²) < 4.78 is 5.54. The van der Waals surface area contributed by atoms with Crippen LogP contribution in [0.25, 0.3) is 11.0 Å². The molecule has 0 aliphatic carbocycles. The summed E-state index contributed by atoms with van der Waals surface area (Å²) in [6.07, 6.45) is 0. The molecule has 0 atom stereocenters. The molecule has 3 N–H and O–H groups in total. The van der Waals surface area contributed by atoms with Crippen molar-refractivity contribution in [1.82, 2.24) is 0 Å². The van der Waals surface area contributed by atoms with Crippen molar-refractivity contribution in [2.75, 3.05) is 10.6 Å². The second-order valence-corrected chi connectivity index (χ2v) is 5.90. The highest BCUT2D eigenvalue weighted by molar-refractivity contribution is 9.10. The van der Waals surface area contributed by atoms with Gasteiger partial charge in [-0.1, -0.05) is 18.2 Å². The molecule has 0 saturated heterocycles. The molecule has 0 radical (unpaired) electrons. The maximum atomic E-state index is 12.2. The van der Waals surface area contributed by atoms with Crippen LogP contribution in [0.4, 0.5) is 16.2 Å². The molecule has 0 saturated carbocycles. The van der Waals surface area contributed by atoms with Gasteiger partial charge in [0.05, 0.1) is 0 Å². The molecule has 24 heavy (non-hydrogen) atoms. The van der Waals surface area contributed by atoms with Crippen LogP contribution < -0.4 is 16.3 Å². The van der Waals surface area contributed by atoms with Crippen molar-refractivity contribution >= 4 is 44.3 Å². The molecule has 2 aromatic carbocycles. The van der Waals surface area contributed by atoms with Gasteiger partial charge in [0.25, 0.3) is 0 Å². The number of carbonyl (C=O) groups excluding carboxylic acids is 1. The second-order valence-electron chi connectivity index (χ2n) is 5.11. The van der Waals surface area contributed by atoms with E-state index in [1.54, 1.807) is 37.3 Å². The molecule has 0 unspecified atom stereocenters. The molecular formula is C17H13BrN2O4. The van der Waals surface area contributed by atoms with Crippen molar-refractivity contribution in [2.24, 2.45) is 0 Å². The van der Waals surface area contributed by atoms with Crippen LogP contribution in [0.1, 0.15) is 5.56 Å². The van der Waals surface area contributed by atoms with Gasteiger partial charge in [0, 0.05) is 11.1 Å². The van der Waals surface area contributed by atoms with Gasteiger partial charge in [-0.05, 0) is 52.7 Å². The second kappa shape index (κ2) is 6.37. The van der Waals surface area contributed by atoms with Crippen molar-refractivity contribution in [3.63, 3.8) is 0 Å². The van der Waals surface area contributed by atoms with Crippen LogP contribution in [0, 0.1) is 6.92 Å². The van der Waals surface area contributed by atoms with Gasteiger partial charge >= 0.3 is 11.7 Å². The van der Waals surface area contributed by atoms with Gasteiger partial charge < -0.3 is 20.2 Å². The predicted octanol–water partition coefficient (Wildman–Crippen LogP) is 4.21. The van der Waals surface area contributed by atoms with E-state index in [2.05, 4.69) is 26.6 Å². The highest BCUT2D eigenvalue weighted by atomic mass is 79.9. The van der Waals surface area contributed by atoms with Crippen molar-refractivity contribution in [2.45, 2.75) is 6.92 Å². The summed E-state index contributed by atoms with van der Waals surface area (Å²) in [5.41, 5.74) is 0.817. The Hall–Kier alpha value is -2.80. The van der Waals surface area contributed by atoms with E-state index in [-0.39, 0.29) is 17.0 Å². The Kier molecular flexibility index (Phi) is 4.26. The summed E-state index contributed by atoms with van der Waals surface area (Å²) >= 11 is 3.17. The molecule has 6 nitrogen and oxygen atoms in total. The lowest BCUT2D eigenvalue weighted by atomic mass is 10.1. The van der Waals surface area contributed by atoms with E-state index in [1.807, 2.05) is 6.07 Å². The molecule has 7 heteroatoms. The van der Waals surface area contributed by atoms with Gasteiger partial charge in [0.2, 0.25) is 0 Å². The number of amides is 2. The van der Waals surface area contributed by atoms with Crippen molar-refractivity contribution in [1.29, 1.82) is 0 Å². The molecule has 0 spiro atoms. The fourth-order valence-electron chi connectivity index (χ4n) is 2.30. The first-order valence-electron chi connectivity index (χ1n) is 7.05. The van der Waals surface area contributed by atoms with Crippen LogP contribution in [0.2, 0.25) is 0 Å². The predicted molar refractivity (Wildman–Crippen MR) is 95.7 cm³/mol. The largest absolute Gasteiger partial charge is 0.506 e. The third-order valence-electron chi connectivity index (χ3n) is 3.51. The van der Waals surface area contributed by atoms with Gasteiger partial charge in [0.15, 0.2) is 5.58 Å². The summed E-state index contributed by atoms with van der Waals surface area (Å²) in [6, 6.07) is 11.3. The molecule has 1 aromatic heterocycles. The quantitative estimate of drug-likeness (QED) is 0.452. The number of phenols is 1. The van der Waals surface area contributed by atoms with Crippen LogP contribution in [0.15, 0.2) is 56.1 Å². The van der Waals surface area contributed by atoms with Crippen molar-refractivity contribution < 1.29 is 14.3 Å². The SMILES string of the molecule is Cc1c(Br)c(=O)oc2c(NC(=O)Nc3ccccc3)c(O)ccc12. The fraction of sp³-hybridized carbons (Fsp3) is 0.0588. The van der Waals surface area contributed by atoms with Crippen LogP contribution in [0.5, 0.6) is 5.75 Å². The monoisotopic (exact) mass is 388 g/mol. The number of hydrogen-bond acceptors (Lipinski definition) is 4. The molecule has 0 aliphatic heterocycles. The number of hydrogen-bond donors (Lipinski definition) is 3. The standard InChI is InChI=1S/C17H13BrN2O4/c1-9-11-7-8-12(21)14(15(11)24-16(22)13(9)18)20-17(23)19-10-5-3-2-4-6-10/h2-8,21H,1H3,(H2,19,20,23). The Morgan fingerprint density at radius 2 is 1.83 bits per heavy atom. The summed E-state index contributed by atoms with van der Waals surface area (Å²) in [4.78, 5) is 24.0. The van der Waals surface area contributed by atoms with E-state index in [0.717, 1.165) is 0 Å². The Morgan fingerprint density at radius 1 is 1.12 bits per heavy atom. The van der Waals surface area contributed by atoms with Crippen LogP contribution in [-0.2, 0) is 0 Å². The first-order valence-corrected chi connectivity index (χ1v) is 7.84. The van der Waals surface area contributed by atoms with Gasteiger partial charge in [-0.2, -0.15) is 0 Å². The van der Waals surface area contributed by atoms with Gasteiger partial charge in [-0.3, -0.25) is 0 Å². The number of phenolic OH excluding ortho intramolecular Hbond substituents is 1. The molecule has 3 aromatic rings. The first-order chi connectivity index (χ1) is 11.5. The first kappa shape index (κ1) is 16.1. The number of nitrogens with one attached hydrogen (secondary N) is 2. The maximum absolute atomic E-state index is 12.2. The third kappa shape index (κ3) is 2.98. The summed E-state index contributed by atoms with van der Waals surface area (Å²) in [7, 11) is 0.